The lowest BCUT2D eigenvalue weighted by Crippen LogP contribution is -2.31. The number of nitrogens with one attached hydrogen (secondary N) is 1. The molecule has 0 unspecified atom stereocenters. The Morgan fingerprint density at radius 2 is 2.33 bits per heavy atom. The number of aromatic nitrogens is 2. The summed E-state index contributed by atoms with van der Waals surface area (Å²) >= 11 is 0. The second-order valence-electron chi connectivity index (χ2n) is 5.94. The highest BCUT2D eigenvalue weighted by atomic mass is 16.5. The lowest BCUT2D eigenvalue weighted by Gasteiger charge is -2.24. The van der Waals surface area contributed by atoms with Crippen molar-refractivity contribution in [2.75, 3.05) is 36.6 Å². The summed E-state index contributed by atoms with van der Waals surface area (Å²) in [5.74, 6) is 0.0948. The van der Waals surface area contributed by atoms with Crippen molar-refractivity contribution in [3.8, 4) is 0 Å². The van der Waals surface area contributed by atoms with Crippen molar-refractivity contribution in [3.63, 3.8) is 0 Å². The summed E-state index contributed by atoms with van der Waals surface area (Å²) < 4.78 is 5.03. The van der Waals surface area contributed by atoms with Crippen LogP contribution in [0.5, 0.6) is 0 Å². The number of imidazole rings is 1. The van der Waals surface area contributed by atoms with Crippen LogP contribution in [0, 0.1) is 0 Å². The van der Waals surface area contributed by atoms with E-state index in [2.05, 4.69) is 27.0 Å². The van der Waals surface area contributed by atoms with Crippen LogP contribution in [-0.4, -0.2) is 42.7 Å². The summed E-state index contributed by atoms with van der Waals surface area (Å²) in [4.78, 5) is 23.8. The van der Waals surface area contributed by atoms with Gasteiger partial charge in [0.05, 0.1) is 31.6 Å². The molecule has 2 heterocycles. The quantitative estimate of drug-likeness (QED) is 0.847. The first-order chi connectivity index (χ1) is 11.7. The fourth-order valence-electron chi connectivity index (χ4n) is 3.17. The molecule has 2 aromatic rings. The molecule has 0 spiro atoms. The number of carbonyl (C=O) groups is 1. The number of hydrogen-bond donors (Lipinski definition) is 1. The minimum atomic E-state index is 0.0948. The van der Waals surface area contributed by atoms with E-state index in [1.54, 1.807) is 13.4 Å². The summed E-state index contributed by atoms with van der Waals surface area (Å²) in [6.45, 7) is 4.90. The predicted octanol–water partition coefficient (Wildman–Crippen LogP) is 2.36. The van der Waals surface area contributed by atoms with Crippen LogP contribution in [0.1, 0.15) is 24.6 Å². The van der Waals surface area contributed by atoms with Gasteiger partial charge in [-0.1, -0.05) is 6.07 Å². The Bertz CT molecular complexity index is 684. The number of ether oxygens (including phenoxy) is 1. The molecule has 24 heavy (non-hydrogen) atoms. The van der Waals surface area contributed by atoms with Crippen LogP contribution >= 0.6 is 0 Å². The van der Waals surface area contributed by atoms with Crippen LogP contribution in [0.3, 0.4) is 0 Å². The minimum absolute atomic E-state index is 0.0948. The Labute approximate surface area is 142 Å². The third-order valence-corrected chi connectivity index (χ3v) is 4.43. The molecule has 6 heteroatoms. The number of hydrogen-bond acceptors (Lipinski definition) is 4. The maximum absolute atomic E-state index is 12.4. The Hall–Kier alpha value is -2.34. The van der Waals surface area contributed by atoms with E-state index in [1.807, 2.05) is 24.1 Å². The van der Waals surface area contributed by atoms with Gasteiger partial charge in [-0.15, -0.1) is 0 Å². The molecule has 0 aliphatic carbocycles. The summed E-state index contributed by atoms with van der Waals surface area (Å²) in [5, 5.41) is 0. The van der Waals surface area contributed by atoms with Gasteiger partial charge < -0.3 is 19.5 Å². The molecule has 1 aromatic heterocycles. The fourth-order valence-corrected chi connectivity index (χ4v) is 3.17. The standard InChI is InChI=1S/C18H24N4O2/c1-3-22(18(23)7-9-24-2)16-5-4-14-6-8-21(17(14)10-16)12-15-11-19-13-20-15/h4-5,10-11,13H,3,6-9,12H2,1-2H3,(H,19,20). The minimum Gasteiger partial charge on any atom is -0.384 e. The zero-order valence-electron chi connectivity index (χ0n) is 14.3. The number of fused-ring (bicyclic) bond motifs is 1. The van der Waals surface area contributed by atoms with Crippen molar-refractivity contribution in [3.05, 3.63) is 42.0 Å². The lowest BCUT2D eigenvalue weighted by molar-refractivity contribution is -0.119. The van der Waals surface area contributed by atoms with E-state index in [9.17, 15) is 4.79 Å². The second kappa shape index (κ2) is 7.49. The van der Waals surface area contributed by atoms with Crippen LogP contribution in [0.2, 0.25) is 0 Å². The van der Waals surface area contributed by atoms with Gasteiger partial charge in [-0.2, -0.15) is 0 Å². The van der Waals surface area contributed by atoms with E-state index in [1.165, 1.54) is 11.3 Å². The molecule has 1 aliphatic rings. The van der Waals surface area contributed by atoms with Gasteiger partial charge in [0.2, 0.25) is 5.91 Å². The van der Waals surface area contributed by atoms with Crippen molar-refractivity contribution in [1.29, 1.82) is 0 Å². The average molecular weight is 328 g/mol. The van der Waals surface area contributed by atoms with E-state index >= 15 is 0 Å². The third kappa shape index (κ3) is 3.43. The molecule has 0 saturated heterocycles. The number of methoxy groups -OCH3 is 1. The monoisotopic (exact) mass is 328 g/mol. The predicted molar refractivity (Wildman–Crippen MR) is 94.3 cm³/mol. The van der Waals surface area contributed by atoms with Gasteiger partial charge in [0.25, 0.3) is 0 Å². The summed E-state index contributed by atoms with van der Waals surface area (Å²) in [7, 11) is 1.62. The topological polar surface area (TPSA) is 61.5 Å². The van der Waals surface area contributed by atoms with E-state index in [-0.39, 0.29) is 5.91 Å². The molecule has 1 amide bonds. The Kier molecular flexibility index (Phi) is 5.15. The smallest absolute Gasteiger partial charge is 0.229 e. The molecule has 3 rings (SSSR count). The van der Waals surface area contributed by atoms with Crippen molar-refractivity contribution in [2.45, 2.75) is 26.3 Å². The highest BCUT2D eigenvalue weighted by Gasteiger charge is 2.22. The first-order valence-corrected chi connectivity index (χ1v) is 8.37. The number of aromatic amines is 1. The molecule has 1 aliphatic heterocycles. The van der Waals surface area contributed by atoms with Crippen LogP contribution in [0.4, 0.5) is 11.4 Å². The molecule has 6 nitrogen and oxygen atoms in total. The van der Waals surface area contributed by atoms with E-state index in [0.29, 0.717) is 19.6 Å². The Morgan fingerprint density at radius 3 is 3.04 bits per heavy atom. The lowest BCUT2D eigenvalue weighted by atomic mass is 10.1. The summed E-state index contributed by atoms with van der Waals surface area (Å²) in [6.07, 6.45) is 5.00. The molecule has 0 bridgehead atoms. The molecule has 128 valence electrons. The fraction of sp³-hybridized carbons (Fsp3) is 0.444. The Morgan fingerprint density at radius 1 is 1.46 bits per heavy atom. The van der Waals surface area contributed by atoms with E-state index in [4.69, 9.17) is 4.74 Å². The van der Waals surface area contributed by atoms with Crippen LogP contribution < -0.4 is 9.80 Å². The SMILES string of the molecule is CCN(C(=O)CCOC)c1ccc2c(c1)N(Cc1cnc[nH]1)CC2. The number of anilines is 2. The van der Waals surface area contributed by atoms with Crippen molar-refractivity contribution in [2.24, 2.45) is 0 Å². The molecular formula is C18H24N4O2. The summed E-state index contributed by atoms with van der Waals surface area (Å²) in [6, 6.07) is 6.32. The molecule has 0 saturated carbocycles. The highest BCUT2D eigenvalue weighted by molar-refractivity contribution is 5.94. The normalized spacial score (nSPS) is 13.2. The first-order valence-electron chi connectivity index (χ1n) is 8.37. The van der Waals surface area contributed by atoms with E-state index in [0.717, 1.165) is 30.9 Å². The van der Waals surface area contributed by atoms with Crippen LogP contribution in [0.15, 0.2) is 30.7 Å². The molecule has 0 fully saturated rings. The molecule has 0 atom stereocenters. The molecule has 0 radical (unpaired) electrons. The van der Waals surface area contributed by atoms with Crippen LogP contribution in [-0.2, 0) is 22.5 Å². The van der Waals surface area contributed by atoms with Gasteiger partial charge in [-0.05, 0) is 31.0 Å². The maximum Gasteiger partial charge on any atom is 0.229 e. The van der Waals surface area contributed by atoms with Crippen LogP contribution in [0.25, 0.3) is 0 Å². The molecule has 1 N–H and O–H groups in total. The number of rotatable bonds is 7. The molecular weight excluding hydrogens is 304 g/mol. The average Bonchev–Trinajstić information content (AvgIpc) is 3.24. The number of carbonyl (C=O) groups excluding carboxylic acids is 1. The van der Waals surface area contributed by atoms with Gasteiger partial charge in [0, 0.05) is 37.8 Å². The zero-order valence-corrected chi connectivity index (χ0v) is 14.3. The van der Waals surface area contributed by atoms with Gasteiger partial charge >= 0.3 is 0 Å². The van der Waals surface area contributed by atoms with E-state index < -0.39 is 0 Å². The number of amides is 1. The summed E-state index contributed by atoms with van der Waals surface area (Å²) in [5.41, 5.74) is 4.59. The van der Waals surface area contributed by atoms with Gasteiger partial charge in [-0.3, -0.25) is 4.79 Å². The number of benzene rings is 1. The Balaban J connectivity index is 1.80. The van der Waals surface area contributed by atoms with Crippen molar-refractivity contribution < 1.29 is 9.53 Å². The number of H-pyrrole nitrogens is 1. The largest absolute Gasteiger partial charge is 0.384 e. The van der Waals surface area contributed by atoms with Crippen molar-refractivity contribution in [1.82, 2.24) is 9.97 Å². The van der Waals surface area contributed by atoms with Gasteiger partial charge in [-0.25, -0.2) is 4.98 Å². The number of nitrogens with zero attached hydrogens (tertiary/aromatic N) is 3. The first kappa shape index (κ1) is 16.5. The molecule has 1 aromatic carbocycles. The van der Waals surface area contributed by atoms with Crippen molar-refractivity contribution >= 4 is 17.3 Å². The zero-order chi connectivity index (χ0) is 16.9. The third-order valence-electron chi connectivity index (χ3n) is 4.43. The van der Waals surface area contributed by atoms with Gasteiger partial charge in [0.1, 0.15) is 0 Å². The maximum atomic E-state index is 12.4. The van der Waals surface area contributed by atoms with Gasteiger partial charge in [0.15, 0.2) is 0 Å². The highest BCUT2D eigenvalue weighted by Crippen LogP contribution is 2.33. The second-order valence-corrected chi connectivity index (χ2v) is 5.94.